The van der Waals surface area contributed by atoms with Gasteiger partial charge in [0.05, 0.1) is 17.0 Å². The van der Waals surface area contributed by atoms with Crippen molar-refractivity contribution < 1.29 is 19.1 Å². The Balaban J connectivity index is 1.17. The first-order chi connectivity index (χ1) is 17.9. The molecular weight excluding hydrogens is 472 g/mol. The number of hydrogen-bond donors (Lipinski definition) is 2. The Morgan fingerprint density at radius 3 is 2.49 bits per heavy atom. The average Bonchev–Trinajstić information content (AvgIpc) is 3.16. The lowest BCUT2D eigenvalue weighted by molar-refractivity contribution is -0.151. The van der Waals surface area contributed by atoms with E-state index < -0.39 is 11.9 Å². The lowest BCUT2D eigenvalue weighted by Gasteiger charge is -2.27. The van der Waals surface area contributed by atoms with Gasteiger partial charge in [0.1, 0.15) is 12.6 Å². The van der Waals surface area contributed by atoms with E-state index in [2.05, 4.69) is 10.6 Å². The Bertz CT molecular complexity index is 1370. The molecule has 1 aromatic heterocycles. The number of anilines is 1. The van der Waals surface area contributed by atoms with Gasteiger partial charge in [-0.25, -0.2) is 4.79 Å². The summed E-state index contributed by atoms with van der Waals surface area (Å²) in [6.07, 6.45) is 4.07. The summed E-state index contributed by atoms with van der Waals surface area (Å²) >= 11 is 0. The monoisotopic (exact) mass is 504 g/mol. The number of imide groups is 1. The average molecular weight is 505 g/mol. The largest absolute Gasteiger partial charge is 0.461 e. The van der Waals surface area contributed by atoms with Crippen molar-refractivity contribution in [3.05, 3.63) is 64.6 Å². The Morgan fingerprint density at radius 2 is 1.76 bits per heavy atom. The number of amides is 2. The molecule has 2 heterocycles. The normalized spacial score (nSPS) is 22.0. The first-order valence-corrected chi connectivity index (χ1v) is 12.9. The van der Waals surface area contributed by atoms with E-state index in [0.717, 1.165) is 49.0 Å². The molecule has 9 heteroatoms. The lowest BCUT2D eigenvalue weighted by Crippen LogP contribution is -2.44. The molecule has 5 rings (SSSR count). The number of ether oxygens (including phenoxy) is 1. The standard InChI is InChI=1S/C28H32N4O5/c1-31-24-15-21(11-12-22(24)32(28(31)36)23-13-14-25(33)30-26(23)34)29-16-18-7-9-20(10-8-18)27(35)37-17-19-5-3-2-4-6-19/h2-6,11-12,15,18,20,23,29H,7-10,13-14,16-17H2,1H3,(H,30,33,34)/t18-,20+,23?. The minimum absolute atomic E-state index is 0.0436. The predicted molar refractivity (Wildman–Crippen MR) is 139 cm³/mol. The number of aryl methyl sites for hydroxylation is 1. The third kappa shape index (κ3) is 5.30. The number of esters is 1. The summed E-state index contributed by atoms with van der Waals surface area (Å²) in [5.41, 5.74) is 3.01. The van der Waals surface area contributed by atoms with Crippen LogP contribution in [-0.4, -0.2) is 33.5 Å². The zero-order valence-electron chi connectivity index (χ0n) is 20.9. The molecular formula is C28H32N4O5. The van der Waals surface area contributed by atoms with Gasteiger partial charge in [0.15, 0.2) is 0 Å². The molecule has 1 unspecified atom stereocenters. The van der Waals surface area contributed by atoms with Crippen LogP contribution in [0.1, 0.15) is 50.1 Å². The van der Waals surface area contributed by atoms with Crippen LogP contribution in [0.3, 0.4) is 0 Å². The molecule has 0 spiro atoms. The minimum atomic E-state index is -0.692. The fourth-order valence-electron chi connectivity index (χ4n) is 5.41. The zero-order valence-corrected chi connectivity index (χ0v) is 20.9. The Hall–Kier alpha value is -3.88. The number of carbonyl (C=O) groups is 3. The van der Waals surface area contributed by atoms with Gasteiger partial charge in [-0.1, -0.05) is 30.3 Å². The summed E-state index contributed by atoms with van der Waals surface area (Å²) in [6, 6.07) is 14.7. The third-order valence-electron chi connectivity index (χ3n) is 7.61. The molecule has 2 aromatic carbocycles. The number of aromatic nitrogens is 2. The summed E-state index contributed by atoms with van der Waals surface area (Å²) in [7, 11) is 1.69. The van der Waals surface area contributed by atoms with Crippen molar-refractivity contribution in [3.63, 3.8) is 0 Å². The van der Waals surface area contributed by atoms with Crippen LogP contribution in [0, 0.1) is 11.8 Å². The molecule has 2 amide bonds. The molecule has 3 aromatic rings. The van der Waals surface area contributed by atoms with Crippen LogP contribution in [0.15, 0.2) is 53.3 Å². The summed E-state index contributed by atoms with van der Waals surface area (Å²) in [4.78, 5) is 49.3. The third-order valence-corrected chi connectivity index (χ3v) is 7.61. The molecule has 1 aliphatic carbocycles. The van der Waals surface area contributed by atoms with Crippen LogP contribution in [0.4, 0.5) is 5.69 Å². The Morgan fingerprint density at radius 1 is 1.00 bits per heavy atom. The Labute approximate surface area is 214 Å². The second-order valence-corrected chi connectivity index (χ2v) is 10.1. The number of carbonyl (C=O) groups excluding carboxylic acids is 3. The van der Waals surface area contributed by atoms with Gasteiger partial charge in [0.2, 0.25) is 11.8 Å². The van der Waals surface area contributed by atoms with Gasteiger partial charge in [-0.15, -0.1) is 0 Å². The summed E-state index contributed by atoms with van der Waals surface area (Å²) in [5.74, 6) is -0.447. The number of rotatable bonds is 7. The van der Waals surface area contributed by atoms with Gasteiger partial charge in [-0.2, -0.15) is 0 Å². The molecule has 37 heavy (non-hydrogen) atoms. The van der Waals surface area contributed by atoms with Gasteiger partial charge in [-0.3, -0.25) is 28.8 Å². The van der Waals surface area contributed by atoms with Gasteiger partial charge < -0.3 is 10.1 Å². The van der Waals surface area contributed by atoms with E-state index in [1.807, 2.05) is 48.5 Å². The molecule has 0 radical (unpaired) electrons. The van der Waals surface area contributed by atoms with Crippen molar-refractivity contribution in [1.82, 2.24) is 14.5 Å². The molecule has 1 atom stereocenters. The number of hydrogen-bond acceptors (Lipinski definition) is 6. The molecule has 2 aliphatic rings. The van der Waals surface area contributed by atoms with Gasteiger partial charge in [0, 0.05) is 25.7 Å². The zero-order chi connectivity index (χ0) is 25.9. The van der Waals surface area contributed by atoms with E-state index in [0.29, 0.717) is 24.5 Å². The van der Waals surface area contributed by atoms with Crippen molar-refractivity contribution >= 4 is 34.5 Å². The molecule has 9 nitrogen and oxygen atoms in total. The lowest BCUT2D eigenvalue weighted by atomic mass is 9.82. The number of nitrogens with one attached hydrogen (secondary N) is 2. The van der Waals surface area contributed by atoms with Crippen molar-refractivity contribution in [2.75, 3.05) is 11.9 Å². The molecule has 194 valence electrons. The van der Waals surface area contributed by atoms with Crippen LogP contribution in [0.5, 0.6) is 0 Å². The van der Waals surface area contributed by atoms with E-state index in [4.69, 9.17) is 4.74 Å². The second-order valence-electron chi connectivity index (χ2n) is 10.1. The topological polar surface area (TPSA) is 111 Å². The van der Waals surface area contributed by atoms with Crippen molar-refractivity contribution in [3.8, 4) is 0 Å². The van der Waals surface area contributed by atoms with Crippen molar-refractivity contribution in [2.45, 2.75) is 51.2 Å². The smallest absolute Gasteiger partial charge is 0.329 e. The van der Waals surface area contributed by atoms with Gasteiger partial charge in [-0.05, 0) is 61.8 Å². The molecule has 2 fully saturated rings. The number of imidazole rings is 1. The van der Waals surface area contributed by atoms with E-state index in [1.165, 1.54) is 9.13 Å². The summed E-state index contributed by atoms with van der Waals surface area (Å²) < 4.78 is 8.55. The maximum absolute atomic E-state index is 12.9. The fraction of sp³-hybridized carbons (Fsp3) is 0.429. The van der Waals surface area contributed by atoms with E-state index in [-0.39, 0.29) is 29.9 Å². The Kier molecular flexibility index (Phi) is 7.12. The minimum Gasteiger partial charge on any atom is -0.461 e. The van der Waals surface area contributed by atoms with Crippen LogP contribution < -0.4 is 16.3 Å². The molecule has 1 aliphatic heterocycles. The number of benzene rings is 2. The molecule has 2 N–H and O–H groups in total. The van der Waals surface area contributed by atoms with Crippen LogP contribution in [-0.2, 0) is 32.8 Å². The highest BCUT2D eigenvalue weighted by atomic mass is 16.5. The number of nitrogens with zero attached hydrogens (tertiary/aromatic N) is 2. The van der Waals surface area contributed by atoms with Crippen molar-refractivity contribution in [2.24, 2.45) is 18.9 Å². The van der Waals surface area contributed by atoms with E-state index in [9.17, 15) is 19.2 Å². The molecule has 1 saturated heterocycles. The molecule has 1 saturated carbocycles. The van der Waals surface area contributed by atoms with E-state index >= 15 is 0 Å². The first-order valence-electron chi connectivity index (χ1n) is 12.9. The van der Waals surface area contributed by atoms with E-state index in [1.54, 1.807) is 7.05 Å². The molecule has 0 bridgehead atoms. The highest BCUT2D eigenvalue weighted by Crippen LogP contribution is 2.31. The summed E-state index contributed by atoms with van der Waals surface area (Å²) in [6.45, 7) is 1.09. The van der Waals surface area contributed by atoms with Crippen LogP contribution in [0.25, 0.3) is 11.0 Å². The van der Waals surface area contributed by atoms with Gasteiger partial charge >= 0.3 is 11.7 Å². The maximum Gasteiger partial charge on any atom is 0.329 e. The summed E-state index contributed by atoms with van der Waals surface area (Å²) in [5, 5.41) is 5.82. The first kappa shape index (κ1) is 24.8. The van der Waals surface area contributed by atoms with Gasteiger partial charge in [0.25, 0.3) is 0 Å². The highest BCUT2D eigenvalue weighted by Gasteiger charge is 2.31. The highest BCUT2D eigenvalue weighted by molar-refractivity contribution is 6.00. The fourth-order valence-corrected chi connectivity index (χ4v) is 5.41. The quantitative estimate of drug-likeness (QED) is 0.377. The van der Waals surface area contributed by atoms with Crippen molar-refractivity contribution in [1.29, 1.82) is 0 Å². The SMILES string of the molecule is Cn1c(=O)n(C2CCC(=O)NC2=O)c2ccc(NC[C@H]3CC[C@@H](C(=O)OCc4ccccc4)CC3)cc21. The number of piperidine rings is 1. The van der Waals surface area contributed by atoms with Crippen LogP contribution in [0.2, 0.25) is 0 Å². The predicted octanol–water partition coefficient (Wildman–Crippen LogP) is 3.28. The second kappa shape index (κ2) is 10.6. The maximum atomic E-state index is 12.9. The number of fused-ring (bicyclic) bond motifs is 1. The van der Waals surface area contributed by atoms with Crippen LogP contribution >= 0.6 is 0 Å².